The lowest BCUT2D eigenvalue weighted by atomic mass is 10.0. The van der Waals surface area contributed by atoms with Gasteiger partial charge in [-0.05, 0) is 89.9 Å². The zero-order valence-electron chi connectivity index (χ0n) is 51.2. The lowest BCUT2D eigenvalue weighted by molar-refractivity contribution is -0.167. The molecule has 1 unspecified atom stereocenters. The highest BCUT2D eigenvalue weighted by atomic mass is 16.6. The van der Waals surface area contributed by atoms with E-state index < -0.39 is 6.10 Å². The molecular formula is C71H126O6. The van der Waals surface area contributed by atoms with Crippen LogP contribution >= 0.6 is 0 Å². The molecule has 77 heavy (non-hydrogen) atoms. The van der Waals surface area contributed by atoms with Gasteiger partial charge in [-0.1, -0.05) is 306 Å². The van der Waals surface area contributed by atoms with Gasteiger partial charge in [-0.15, -0.1) is 0 Å². The number of ether oxygens (including phenoxy) is 3. The Hall–Kier alpha value is -3.15. The van der Waals surface area contributed by atoms with Crippen LogP contribution in [0.4, 0.5) is 0 Å². The summed E-state index contributed by atoms with van der Waals surface area (Å²) in [4.78, 5) is 38.2. The molecule has 0 aromatic carbocycles. The molecule has 0 saturated carbocycles. The van der Waals surface area contributed by atoms with Gasteiger partial charge in [0.25, 0.3) is 0 Å². The molecule has 6 nitrogen and oxygen atoms in total. The second-order valence-corrected chi connectivity index (χ2v) is 22.4. The number of rotatable bonds is 61. The maximum absolute atomic E-state index is 12.9. The van der Waals surface area contributed by atoms with Crippen LogP contribution in [0.2, 0.25) is 0 Å². The van der Waals surface area contributed by atoms with Gasteiger partial charge in [0.15, 0.2) is 6.10 Å². The highest BCUT2D eigenvalue weighted by Crippen LogP contribution is 2.17. The Kier molecular flexibility index (Phi) is 62.7. The van der Waals surface area contributed by atoms with Crippen LogP contribution in [0.25, 0.3) is 0 Å². The van der Waals surface area contributed by atoms with Crippen LogP contribution in [-0.4, -0.2) is 37.2 Å². The van der Waals surface area contributed by atoms with Crippen molar-refractivity contribution in [1.29, 1.82) is 0 Å². The molecule has 0 aliphatic rings. The SMILES string of the molecule is CC/C=C\C/C=C\C/C=C\C/C=C\CCCCCCCCCCCCCCCCCCCCC(=O)OCC(COC(=O)CCCCCCCCCCCC)OC(=O)CCCCCCCCC/C=C\C/C=C\CCCCCC. The summed E-state index contributed by atoms with van der Waals surface area (Å²) in [5.41, 5.74) is 0. The summed E-state index contributed by atoms with van der Waals surface area (Å²) in [5, 5.41) is 0. The second kappa shape index (κ2) is 65.4. The fraction of sp³-hybridized carbons (Fsp3) is 0.789. The van der Waals surface area contributed by atoms with Crippen molar-refractivity contribution in [3.63, 3.8) is 0 Å². The summed E-state index contributed by atoms with van der Waals surface area (Å²) in [6, 6.07) is 0. The van der Waals surface area contributed by atoms with E-state index in [-0.39, 0.29) is 31.1 Å². The highest BCUT2D eigenvalue weighted by molar-refractivity contribution is 5.71. The molecule has 0 aromatic rings. The Bertz CT molecular complexity index is 1420. The molecular weight excluding hydrogens is 949 g/mol. The van der Waals surface area contributed by atoms with E-state index in [0.29, 0.717) is 19.3 Å². The first-order valence-corrected chi connectivity index (χ1v) is 33.4. The van der Waals surface area contributed by atoms with Crippen molar-refractivity contribution in [3.8, 4) is 0 Å². The molecule has 0 radical (unpaired) electrons. The van der Waals surface area contributed by atoms with Gasteiger partial charge in [-0.2, -0.15) is 0 Å². The lowest BCUT2D eigenvalue weighted by Gasteiger charge is -2.18. The third-order valence-corrected chi connectivity index (χ3v) is 14.7. The van der Waals surface area contributed by atoms with Crippen LogP contribution in [0.15, 0.2) is 72.9 Å². The number of esters is 3. The number of unbranched alkanes of at least 4 members (excludes halogenated alkanes) is 38. The fourth-order valence-electron chi connectivity index (χ4n) is 9.70. The maximum Gasteiger partial charge on any atom is 0.306 e. The van der Waals surface area contributed by atoms with Crippen molar-refractivity contribution in [1.82, 2.24) is 0 Å². The summed E-state index contributed by atoms with van der Waals surface area (Å²) < 4.78 is 16.9. The summed E-state index contributed by atoms with van der Waals surface area (Å²) in [6.07, 6.45) is 85.0. The van der Waals surface area contributed by atoms with Gasteiger partial charge in [-0.25, -0.2) is 0 Å². The zero-order chi connectivity index (χ0) is 55.7. The minimum absolute atomic E-state index is 0.0735. The molecule has 6 heteroatoms. The van der Waals surface area contributed by atoms with Crippen LogP contribution in [0, 0.1) is 0 Å². The minimum atomic E-state index is -0.776. The molecule has 0 aliphatic heterocycles. The fourth-order valence-corrected chi connectivity index (χ4v) is 9.70. The molecule has 1 atom stereocenters. The van der Waals surface area contributed by atoms with E-state index in [1.165, 1.54) is 205 Å². The van der Waals surface area contributed by atoms with Gasteiger partial charge in [0, 0.05) is 19.3 Å². The van der Waals surface area contributed by atoms with E-state index >= 15 is 0 Å². The summed E-state index contributed by atoms with van der Waals surface area (Å²) in [7, 11) is 0. The monoisotopic (exact) mass is 1070 g/mol. The van der Waals surface area contributed by atoms with E-state index in [0.717, 1.165) is 96.3 Å². The molecule has 0 spiro atoms. The second-order valence-electron chi connectivity index (χ2n) is 22.4. The first-order valence-electron chi connectivity index (χ1n) is 33.4. The smallest absolute Gasteiger partial charge is 0.306 e. The minimum Gasteiger partial charge on any atom is -0.462 e. The van der Waals surface area contributed by atoms with Gasteiger partial charge in [0.05, 0.1) is 0 Å². The number of hydrogen-bond donors (Lipinski definition) is 0. The van der Waals surface area contributed by atoms with Crippen molar-refractivity contribution in [3.05, 3.63) is 72.9 Å². The van der Waals surface area contributed by atoms with Gasteiger partial charge in [0.2, 0.25) is 0 Å². The zero-order valence-corrected chi connectivity index (χ0v) is 51.2. The quantitative estimate of drug-likeness (QED) is 0.0261. The topological polar surface area (TPSA) is 78.9 Å². The summed E-state index contributed by atoms with van der Waals surface area (Å²) >= 11 is 0. The largest absolute Gasteiger partial charge is 0.462 e. The average Bonchev–Trinajstić information content (AvgIpc) is 3.43. The molecule has 0 heterocycles. The standard InChI is InChI=1S/C71H126O6/c1-4-7-10-13-16-19-22-24-26-28-30-31-32-33-34-35-36-37-38-39-40-41-42-44-45-47-49-52-55-58-61-64-70(73)76-67-68(66-75-69(72)63-60-57-54-51-21-18-15-12-9-6-3)77-71(74)65-62-59-56-53-50-48-46-43-29-27-25-23-20-17-14-11-8-5-2/h7,10,16,19-20,23-24,26-27,29-31,68H,4-6,8-9,11-15,17-18,21-22,25,28,32-67H2,1-3H3/b10-7-,19-16-,23-20-,26-24-,29-27-,31-30-. The van der Waals surface area contributed by atoms with Crippen LogP contribution in [-0.2, 0) is 28.6 Å². The lowest BCUT2D eigenvalue weighted by Crippen LogP contribution is -2.30. The Morgan fingerprint density at radius 1 is 0.273 bits per heavy atom. The third kappa shape index (κ3) is 63.6. The van der Waals surface area contributed by atoms with E-state index in [1.54, 1.807) is 0 Å². The van der Waals surface area contributed by atoms with E-state index in [4.69, 9.17) is 14.2 Å². The van der Waals surface area contributed by atoms with Crippen LogP contribution in [0.5, 0.6) is 0 Å². The number of hydrogen-bond acceptors (Lipinski definition) is 6. The Morgan fingerprint density at radius 2 is 0.506 bits per heavy atom. The molecule has 0 rings (SSSR count). The van der Waals surface area contributed by atoms with Crippen molar-refractivity contribution in [2.75, 3.05) is 13.2 Å². The van der Waals surface area contributed by atoms with Gasteiger partial charge in [0.1, 0.15) is 13.2 Å². The normalized spacial score (nSPS) is 12.5. The molecule has 0 aromatic heterocycles. The number of carbonyl (C=O) groups is 3. The van der Waals surface area contributed by atoms with Crippen LogP contribution in [0.1, 0.15) is 342 Å². The number of allylic oxidation sites excluding steroid dienone is 12. The molecule has 0 aliphatic carbocycles. The van der Waals surface area contributed by atoms with Crippen LogP contribution < -0.4 is 0 Å². The summed E-state index contributed by atoms with van der Waals surface area (Å²) in [6.45, 7) is 6.53. The third-order valence-electron chi connectivity index (χ3n) is 14.7. The van der Waals surface area contributed by atoms with Crippen molar-refractivity contribution >= 4 is 17.9 Å². The van der Waals surface area contributed by atoms with E-state index in [2.05, 4.69) is 93.7 Å². The van der Waals surface area contributed by atoms with Crippen LogP contribution in [0.3, 0.4) is 0 Å². The average molecular weight is 1080 g/mol. The van der Waals surface area contributed by atoms with E-state index in [1.807, 2.05) is 0 Å². The predicted octanol–water partition coefficient (Wildman–Crippen LogP) is 22.9. The summed E-state index contributed by atoms with van der Waals surface area (Å²) in [5.74, 6) is -0.865. The Morgan fingerprint density at radius 3 is 0.805 bits per heavy atom. The Balaban J connectivity index is 4.13. The van der Waals surface area contributed by atoms with Crippen molar-refractivity contribution < 1.29 is 28.6 Å². The first kappa shape index (κ1) is 73.8. The molecule has 446 valence electrons. The highest BCUT2D eigenvalue weighted by Gasteiger charge is 2.19. The molecule has 0 amide bonds. The van der Waals surface area contributed by atoms with E-state index in [9.17, 15) is 14.4 Å². The number of carbonyl (C=O) groups excluding carboxylic acids is 3. The molecule has 0 saturated heterocycles. The maximum atomic E-state index is 12.9. The first-order chi connectivity index (χ1) is 38.0. The predicted molar refractivity (Wildman–Crippen MR) is 335 cm³/mol. The van der Waals surface area contributed by atoms with Gasteiger partial charge in [-0.3, -0.25) is 14.4 Å². The Labute approximate surface area is 478 Å². The van der Waals surface area contributed by atoms with Crippen molar-refractivity contribution in [2.45, 2.75) is 348 Å². The molecule has 0 fully saturated rings. The van der Waals surface area contributed by atoms with Gasteiger partial charge < -0.3 is 14.2 Å². The van der Waals surface area contributed by atoms with Gasteiger partial charge >= 0.3 is 17.9 Å². The van der Waals surface area contributed by atoms with Crippen molar-refractivity contribution in [2.24, 2.45) is 0 Å². The molecule has 0 bridgehead atoms. The molecule has 0 N–H and O–H groups in total.